The second-order valence-corrected chi connectivity index (χ2v) is 5.78. The van der Waals surface area contributed by atoms with Gasteiger partial charge in [-0.05, 0) is 38.3 Å². The smallest absolute Gasteiger partial charge is 0.188 e. The Bertz CT molecular complexity index is 250. The summed E-state index contributed by atoms with van der Waals surface area (Å²) < 4.78 is 0. The average molecular weight is 396 g/mol. The van der Waals surface area contributed by atoms with Crippen LogP contribution in [0.5, 0.6) is 0 Å². The maximum Gasteiger partial charge on any atom is 0.188 e. The van der Waals surface area contributed by atoms with Crippen LogP contribution in [0.4, 0.5) is 0 Å². The highest BCUT2D eigenvalue weighted by molar-refractivity contribution is 14.0. The molecule has 0 aromatic heterocycles. The standard InChI is InChI=1S/C15H32N4.HI/c1-3-4-5-6-9-17-15(16)18-10-13-19-11-7-14(2)8-12-19;/h14H,3-13H2,1-2H3,(H3,16,17,18);1H. The van der Waals surface area contributed by atoms with Crippen molar-refractivity contribution in [3.05, 3.63) is 0 Å². The molecule has 0 aromatic carbocycles. The van der Waals surface area contributed by atoms with Crippen LogP contribution in [-0.2, 0) is 0 Å². The Kier molecular flexibility index (Phi) is 12.7. The van der Waals surface area contributed by atoms with Crippen molar-refractivity contribution in [3.8, 4) is 0 Å². The molecule has 0 atom stereocenters. The number of nitrogens with two attached hydrogens (primary N) is 1. The van der Waals surface area contributed by atoms with Crippen molar-refractivity contribution in [2.75, 3.05) is 32.7 Å². The van der Waals surface area contributed by atoms with Crippen molar-refractivity contribution in [1.29, 1.82) is 0 Å². The number of guanidine groups is 1. The third-order valence-corrected chi connectivity index (χ3v) is 3.90. The Labute approximate surface area is 142 Å². The minimum atomic E-state index is 0. The first-order valence-corrected chi connectivity index (χ1v) is 7.98. The molecule has 4 nitrogen and oxygen atoms in total. The number of aliphatic imine (C=N–C) groups is 1. The van der Waals surface area contributed by atoms with Crippen LogP contribution in [0, 0.1) is 5.92 Å². The highest BCUT2D eigenvalue weighted by Gasteiger charge is 2.14. The molecule has 120 valence electrons. The van der Waals surface area contributed by atoms with Crippen molar-refractivity contribution in [3.63, 3.8) is 0 Å². The van der Waals surface area contributed by atoms with E-state index >= 15 is 0 Å². The molecule has 20 heavy (non-hydrogen) atoms. The molecule has 0 spiro atoms. The van der Waals surface area contributed by atoms with E-state index in [9.17, 15) is 0 Å². The topological polar surface area (TPSA) is 53.6 Å². The molecule has 1 saturated heterocycles. The average Bonchev–Trinajstić information content (AvgIpc) is 2.41. The molecule has 3 N–H and O–H groups in total. The highest BCUT2D eigenvalue weighted by Crippen LogP contribution is 2.14. The molecule has 1 heterocycles. The zero-order chi connectivity index (χ0) is 13.9. The molecule has 1 aliphatic rings. The third-order valence-electron chi connectivity index (χ3n) is 3.90. The van der Waals surface area contributed by atoms with Crippen LogP contribution in [0.15, 0.2) is 4.99 Å². The first-order chi connectivity index (χ1) is 9.22. The van der Waals surface area contributed by atoms with Gasteiger partial charge in [-0.2, -0.15) is 0 Å². The SMILES string of the molecule is CCCCCCN=C(N)NCCN1CCC(C)CC1.I. The lowest BCUT2D eigenvalue weighted by Crippen LogP contribution is -2.41. The fourth-order valence-corrected chi connectivity index (χ4v) is 2.42. The molecule has 0 amide bonds. The van der Waals surface area contributed by atoms with Crippen LogP contribution in [-0.4, -0.2) is 43.6 Å². The number of likely N-dealkylation sites (tertiary alicyclic amines) is 1. The van der Waals surface area contributed by atoms with Gasteiger partial charge in [0.1, 0.15) is 0 Å². The maximum atomic E-state index is 5.85. The van der Waals surface area contributed by atoms with Gasteiger partial charge in [-0.25, -0.2) is 0 Å². The predicted octanol–water partition coefficient (Wildman–Crippen LogP) is 2.82. The normalized spacial score (nSPS) is 17.8. The molecule has 1 fully saturated rings. The summed E-state index contributed by atoms with van der Waals surface area (Å²) in [5.74, 6) is 1.51. The van der Waals surface area contributed by atoms with Crippen molar-refractivity contribution >= 4 is 29.9 Å². The van der Waals surface area contributed by atoms with Crippen molar-refractivity contribution < 1.29 is 0 Å². The molecule has 1 aliphatic heterocycles. The summed E-state index contributed by atoms with van der Waals surface area (Å²) in [6.45, 7) is 9.89. The van der Waals surface area contributed by atoms with E-state index in [2.05, 4.69) is 29.1 Å². The van der Waals surface area contributed by atoms with Gasteiger partial charge < -0.3 is 16.0 Å². The van der Waals surface area contributed by atoms with Crippen LogP contribution in [0.3, 0.4) is 0 Å². The van der Waals surface area contributed by atoms with Gasteiger partial charge in [0.05, 0.1) is 0 Å². The van der Waals surface area contributed by atoms with E-state index in [1.165, 1.54) is 45.2 Å². The highest BCUT2D eigenvalue weighted by atomic mass is 127. The molecule has 0 aliphatic carbocycles. The Morgan fingerprint density at radius 2 is 1.95 bits per heavy atom. The summed E-state index contributed by atoms with van der Waals surface area (Å²) in [4.78, 5) is 6.87. The fraction of sp³-hybridized carbons (Fsp3) is 0.933. The van der Waals surface area contributed by atoms with Gasteiger partial charge >= 0.3 is 0 Å². The minimum Gasteiger partial charge on any atom is -0.370 e. The van der Waals surface area contributed by atoms with Crippen molar-refractivity contribution in [2.45, 2.75) is 52.4 Å². The number of rotatable bonds is 8. The minimum absolute atomic E-state index is 0. The lowest BCUT2D eigenvalue weighted by atomic mass is 9.99. The van der Waals surface area contributed by atoms with E-state index in [4.69, 9.17) is 5.73 Å². The van der Waals surface area contributed by atoms with E-state index in [1.807, 2.05) is 0 Å². The van der Waals surface area contributed by atoms with Gasteiger partial charge in [0.2, 0.25) is 0 Å². The summed E-state index contributed by atoms with van der Waals surface area (Å²) in [7, 11) is 0. The summed E-state index contributed by atoms with van der Waals surface area (Å²) in [6, 6.07) is 0. The second-order valence-electron chi connectivity index (χ2n) is 5.78. The van der Waals surface area contributed by atoms with Gasteiger partial charge in [0, 0.05) is 19.6 Å². The van der Waals surface area contributed by atoms with Crippen molar-refractivity contribution in [1.82, 2.24) is 10.2 Å². The zero-order valence-corrected chi connectivity index (χ0v) is 15.6. The molecule has 0 saturated carbocycles. The zero-order valence-electron chi connectivity index (χ0n) is 13.2. The summed E-state index contributed by atoms with van der Waals surface area (Å²) in [5, 5.41) is 3.22. The molecular formula is C15H33IN4. The van der Waals surface area contributed by atoms with Gasteiger partial charge in [-0.15, -0.1) is 24.0 Å². The van der Waals surface area contributed by atoms with Crippen molar-refractivity contribution in [2.24, 2.45) is 16.6 Å². The van der Waals surface area contributed by atoms with E-state index in [1.54, 1.807) is 0 Å². The van der Waals surface area contributed by atoms with Crippen LogP contribution in [0.25, 0.3) is 0 Å². The third kappa shape index (κ3) is 9.80. The number of halogens is 1. The maximum absolute atomic E-state index is 5.85. The molecule has 0 unspecified atom stereocenters. The number of nitrogens with zero attached hydrogens (tertiary/aromatic N) is 2. The van der Waals surface area contributed by atoms with Gasteiger partial charge in [-0.1, -0.05) is 33.1 Å². The van der Waals surface area contributed by atoms with Crippen LogP contribution in [0.1, 0.15) is 52.4 Å². The van der Waals surface area contributed by atoms with E-state index in [0.29, 0.717) is 5.96 Å². The number of hydrogen-bond acceptors (Lipinski definition) is 2. The molecule has 0 aromatic rings. The Morgan fingerprint density at radius 1 is 1.25 bits per heavy atom. The predicted molar refractivity (Wildman–Crippen MR) is 98.9 cm³/mol. The first-order valence-electron chi connectivity index (χ1n) is 7.98. The Hall–Kier alpha value is -0.0400. The number of piperidine rings is 1. The fourth-order valence-electron chi connectivity index (χ4n) is 2.42. The van der Waals surface area contributed by atoms with Gasteiger partial charge in [0.25, 0.3) is 0 Å². The molecular weight excluding hydrogens is 363 g/mol. The Morgan fingerprint density at radius 3 is 2.60 bits per heavy atom. The summed E-state index contributed by atoms with van der Waals surface area (Å²) in [5.41, 5.74) is 5.85. The lowest BCUT2D eigenvalue weighted by Gasteiger charge is -2.30. The quantitative estimate of drug-likeness (QED) is 0.287. The number of unbranched alkanes of at least 4 members (excludes halogenated alkanes) is 3. The van der Waals surface area contributed by atoms with E-state index < -0.39 is 0 Å². The lowest BCUT2D eigenvalue weighted by molar-refractivity contribution is 0.195. The van der Waals surface area contributed by atoms with Gasteiger partial charge in [0.15, 0.2) is 5.96 Å². The summed E-state index contributed by atoms with van der Waals surface area (Å²) >= 11 is 0. The molecule has 0 bridgehead atoms. The molecule has 1 rings (SSSR count). The second kappa shape index (κ2) is 12.7. The van der Waals surface area contributed by atoms with Crippen LogP contribution < -0.4 is 11.1 Å². The molecule has 0 radical (unpaired) electrons. The number of hydrogen-bond donors (Lipinski definition) is 2. The number of nitrogens with one attached hydrogen (secondary N) is 1. The van der Waals surface area contributed by atoms with Crippen LogP contribution in [0.2, 0.25) is 0 Å². The van der Waals surface area contributed by atoms with Gasteiger partial charge in [-0.3, -0.25) is 4.99 Å². The first kappa shape index (κ1) is 20.0. The monoisotopic (exact) mass is 396 g/mol. The Balaban J connectivity index is 0.00000361. The molecule has 5 heteroatoms. The summed E-state index contributed by atoms with van der Waals surface area (Å²) in [6.07, 6.45) is 7.66. The van der Waals surface area contributed by atoms with E-state index in [0.717, 1.165) is 32.0 Å². The van der Waals surface area contributed by atoms with E-state index in [-0.39, 0.29) is 24.0 Å². The largest absolute Gasteiger partial charge is 0.370 e. The van der Waals surface area contributed by atoms with Crippen LogP contribution >= 0.6 is 24.0 Å².